The van der Waals surface area contributed by atoms with Crippen LogP contribution in [-0.4, -0.2) is 29.3 Å². The highest BCUT2D eigenvalue weighted by molar-refractivity contribution is 9.10. The average molecular weight is 428 g/mol. The highest BCUT2D eigenvalue weighted by Crippen LogP contribution is 2.20. The predicted octanol–water partition coefficient (Wildman–Crippen LogP) is 3.73. The number of amides is 1. The van der Waals surface area contributed by atoms with E-state index >= 15 is 0 Å². The Morgan fingerprint density at radius 3 is 2.70 bits per heavy atom. The molecule has 2 aromatic carbocycles. The number of nitrogens with zero attached hydrogens (tertiary/aromatic N) is 2. The van der Waals surface area contributed by atoms with E-state index < -0.39 is 0 Å². The van der Waals surface area contributed by atoms with Gasteiger partial charge in [-0.15, -0.1) is 0 Å². The summed E-state index contributed by atoms with van der Waals surface area (Å²) in [6.45, 7) is 2.23. The van der Waals surface area contributed by atoms with E-state index in [1.165, 1.54) is 0 Å². The van der Waals surface area contributed by atoms with Crippen LogP contribution in [0.25, 0.3) is 10.9 Å². The number of nitrogens with one attached hydrogen (secondary N) is 1. The first-order chi connectivity index (χ1) is 13.1. The molecule has 0 aliphatic carbocycles. The first-order valence-electron chi connectivity index (χ1n) is 8.41. The van der Waals surface area contributed by atoms with Crippen molar-refractivity contribution >= 4 is 44.9 Å². The summed E-state index contributed by atoms with van der Waals surface area (Å²) in [5, 5.41) is 4.99. The van der Waals surface area contributed by atoms with Crippen molar-refractivity contribution in [3.8, 4) is 0 Å². The van der Waals surface area contributed by atoms with Crippen molar-refractivity contribution in [3.63, 3.8) is 0 Å². The molecular formula is C20H18BrN3O3. The molecule has 0 saturated carbocycles. The van der Waals surface area contributed by atoms with Crippen molar-refractivity contribution in [3.05, 3.63) is 70.3 Å². The summed E-state index contributed by atoms with van der Waals surface area (Å²) in [4.78, 5) is 24.0. The minimum Gasteiger partial charge on any atom is -0.465 e. The van der Waals surface area contributed by atoms with Gasteiger partial charge >= 0.3 is 5.97 Å². The summed E-state index contributed by atoms with van der Waals surface area (Å²) < 4.78 is 7.53. The molecule has 0 aliphatic rings. The van der Waals surface area contributed by atoms with Crippen LogP contribution in [-0.2, 0) is 16.1 Å². The highest BCUT2D eigenvalue weighted by atomic mass is 79.9. The number of ether oxygens (including phenoxy) is 1. The van der Waals surface area contributed by atoms with Crippen molar-refractivity contribution in [2.75, 3.05) is 6.61 Å². The fourth-order valence-electron chi connectivity index (χ4n) is 2.72. The third kappa shape index (κ3) is 4.43. The molecule has 138 valence electrons. The Morgan fingerprint density at radius 1 is 1.19 bits per heavy atom. The molecule has 6 nitrogen and oxygen atoms in total. The van der Waals surface area contributed by atoms with Crippen molar-refractivity contribution < 1.29 is 14.3 Å². The topological polar surface area (TPSA) is 72.7 Å². The van der Waals surface area contributed by atoms with Gasteiger partial charge in [-0.05, 0) is 41.1 Å². The standard InChI is InChI=1S/C20H18BrN3O3/c1-2-27-19(25)13-24-12-14(15-7-4-6-10-18(15)24)11-22-23-20(26)16-8-3-5-9-17(16)21/h3-12H,2,13H2,1H3,(H,23,26)/b22-11+. The second kappa shape index (κ2) is 8.64. The Morgan fingerprint density at radius 2 is 1.93 bits per heavy atom. The van der Waals surface area contributed by atoms with Gasteiger partial charge in [-0.3, -0.25) is 9.59 Å². The molecular weight excluding hydrogens is 410 g/mol. The van der Waals surface area contributed by atoms with Gasteiger partial charge in [0.15, 0.2) is 0 Å². The average Bonchev–Trinajstić information content (AvgIpc) is 3.00. The monoisotopic (exact) mass is 427 g/mol. The van der Waals surface area contributed by atoms with Crippen molar-refractivity contribution in [1.82, 2.24) is 9.99 Å². The molecule has 0 radical (unpaired) electrons. The van der Waals surface area contributed by atoms with Crippen LogP contribution in [0.15, 0.2) is 64.3 Å². The van der Waals surface area contributed by atoms with Gasteiger partial charge in [0, 0.05) is 27.1 Å². The molecule has 0 bridgehead atoms. The summed E-state index contributed by atoms with van der Waals surface area (Å²) >= 11 is 3.35. The third-order valence-electron chi connectivity index (χ3n) is 3.91. The Kier molecular flexibility index (Phi) is 6.03. The lowest BCUT2D eigenvalue weighted by Gasteiger charge is -2.04. The van der Waals surface area contributed by atoms with Crippen molar-refractivity contribution in [2.45, 2.75) is 13.5 Å². The van der Waals surface area contributed by atoms with E-state index in [-0.39, 0.29) is 18.4 Å². The normalized spacial score (nSPS) is 11.0. The van der Waals surface area contributed by atoms with Gasteiger partial charge < -0.3 is 9.30 Å². The molecule has 1 heterocycles. The number of hydrogen-bond acceptors (Lipinski definition) is 4. The van der Waals surface area contributed by atoms with E-state index in [1.54, 1.807) is 31.3 Å². The quantitative estimate of drug-likeness (QED) is 0.370. The van der Waals surface area contributed by atoms with Crippen LogP contribution < -0.4 is 5.43 Å². The van der Waals surface area contributed by atoms with Gasteiger partial charge in [0.05, 0.1) is 18.4 Å². The molecule has 1 amide bonds. The zero-order chi connectivity index (χ0) is 19.2. The fourth-order valence-corrected chi connectivity index (χ4v) is 3.19. The number of fused-ring (bicyclic) bond motifs is 1. The maximum absolute atomic E-state index is 12.2. The molecule has 0 aliphatic heterocycles. The van der Waals surface area contributed by atoms with Crippen LogP contribution in [0.2, 0.25) is 0 Å². The highest BCUT2D eigenvalue weighted by Gasteiger charge is 2.11. The Labute approximate surface area is 164 Å². The molecule has 0 atom stereocenters. The minimum absolute atomic E-state index is 0.117. The number of benzene rings is 2. The Bertz CT molecular complexity index is 1010. The first-order valence-corrected chi connectivity index (χ1v) is 9.21. The maximum atomic E-state index is 12.2. The van der Waals surface area contributed by atoms with E-state index in [9.17, 15) is 9.59 Å². The molecule has 7 heteroatoms. The van der Waals surface area contributed by atoms with Gasteiger partial charge in [0.1, 0.15) is 6.54 Å². The number of carbonyl (C=O) groups excluding carboxylic acids is 2. The van der Waals surface area contributed by atoms with Gasteiger partial charge in [0.2, 0.25) is 0 Å². The summed E-state index contributed by atoms with van der Waals surface area (Å²) in [5.74, 6) is -0.613. The molecule has 1 aromatic heterocycles. The van der Waals surface area contributed by atoms with Crippen LogP contribution in [0, 0.1) is 0 Å². The second-order valence-corrected chi connectivity index (χ2v) is 6.57. The zero-order valence-electron chi connectivity index (χ0n) is 14.7. The van der Waals surface area contributed by atoms with Crippen molar-refractivity contribution in [2.24, 2.45) is 5.10 Å². The van der Waals surface area contributed by atoms with Crippen LogP contribution in [0.4, 0.5) is 0 Å². The molecule has 0 unspecified atom stereocenters. The number of carbonyl (C=O) groups is 2. The summed E-state index contributed by atoms with van der Waals surface area (Å²) in [5.41, 5.74) is 4.71. The number of hydrogen-bond donors (Lipinski definition) is 1. The SMILES string of the molecule is CCOC(=O)Cn1cc(/C=N/NC(=O)c2ccccc2Br)c2ccccc21. The van der Waals surface area contributed by atoms with Gasteiger partial charge in [-0.2, -0.15) is 5.10 Å². The van der Waals surface area contributed by atoms with Crippen LogP contribution in [0.3, 0.4) is 0 Å². The van der Waals surface area contributed by atoms with E-state index in [0.29, 0.717) is 16.6 Å². The molecule has 1 N–H and O–H groups in total. The van der Waals surface area contributed by atoms with E-state index in [1.807, 2.05) is 41.1 Å². The molecule has 0 fully saturated rings. The molecule has 27 heavy (non-hydrogen) atoms. The summed E-state index contributed by atoms with van der Waals surface area (Å²) in [6.07, 6.45) is 3.38. The molecule has 0 spiro atoms. The zero-order valence-corrected chi connectivity index (χ0v) is 16.3. The van der Waals surface area contributed by atoms with Crippen LogP contribution in [0.1, 0.15) is 22.8 Å². The Balaban J connectivity index is 1.80. The second-order valence-electron chi connectivity index (χ2n) is 5.71. The number of para-hydroxylation sites is 1. The van der Waals surface area contributed by atoms with Gasteiger partial charge in [-0.25, -0.2) is 5.43 Å². The fraction of sp³-hybridized carbons (Fsp3) is 0.150. The van der Waals surface area contributed by atoms with E-state index in [4.69, 9.17) is 4.74 Å². The predicted molar refractivity (Wildman–Crippen MR) is 108 cm³/mol. The van der Waals surface area contributed by atoms with Gasteiger partial charge in [0.25, 0.3) is 5.91 Å². The number of hydrazone groups is 1. The lowest BCUT2D eigenvalue weighted by molar-refractivity contribution is -0.143. The maximum Gasteiger partial charge on any atom is 0.325 e. The van der Waals surface area contributed by atoms with Crippen LogP contribution in [0.5, 0.6) is 0 Å². The summed E-state index contributed by atoms with van der Waals surface area (Å²) in [7, 11) is 0. The molecule has 3 rings (SSSR count). The lowest BCUT2D eigenvalue weighted by Crippen LogP contribution is -2.18. The number of aromatic nitrogens is 1. The first kappa shape index (κ1) is 18.8. The van der Waals surface area contributed by atoms with E-state index in [2.05, 4.69) is 26.5 Å². The Hall–Kier alpha value is -2.93. The number of halogens is 1. The van der Waals surface area contributed by atoms with Crippen molar-refractivity contribution in [1.29, 1.82) is 0 Å². The van der Waals surface area contributed by atoms with Crippen LogP contribution >= 0.6 is 15.9 Å². The number of esters is 1. The molecule has 3 aromatic rings. The van der Waals surface area contributed by atoms with Gasteiger partial charge in [-0.1, -0.05) is 30.3 Å². The minimum atomic E-state index is -0.311. The lowest BCUT2D eigenvalue weighted by atomic mass is 10.2. The number of rotatable bonds is 6. The smallest absolute Gasteiger partial charge is 0.325 e. The molecule has 0 saturated heterocycles. The largest absolute Gasteiger partial charge is 0.465 e. The summed E-state index contributed by atoms with van der Waals surface area (Å²) in [6, 6.07) is 14.8. The van der Waals surface area contributed by atoms with E-state index in [0.717, 1.165) is 16.5 Å². The third-order valence-corrected chi connectivity index (χ3v) is 4.60.